The van der Waals surface area contributed by atoms with E-state index in [0.29, 0.717) is 19.1 Å². The highest BCUT2D eigenvalue weighted by molar-refractivity contribution is 9.08. The fourth-order valence-corrected chi connectivity index (χ4v) is 4.71. The van der Waals surface area contributed by atoms with Crippen LogP contribution in [-0.2, 0) is 42.3 Å². The lowest BCUT2D eigenvalue weighted by Crippen LogP contribution is -2.32. The predicted molar refractivity (Wildman–Crippen MR) is 194 cm³/mol. The van der Waals surface area contributed by atoms with Gasteiger partial charge in [0.15, 0.2) is 5.79 Å². The minimum absolute atomic E-state index is 0.501. The number of benzene rings is 3. The second-order valence-corrected chi connectivity index (χ2v) is 11.2. The van der Waals surface area contributed by atoms with Crippen LogP contribution < -0.4 is 4.57 Å². The summed E-state index contributed by atoms with van der Waals surface area (Å²) in [5.41, 5.74) is 6.34. The number of hydrogen-bond acceptors (Lipinski definition) is 3. The largest absolute Gasteiger partial charge is 0.346 e. The maximum Gasteiger partial charge on any atom is 0.244 e. The number of rotatable bonds is 12. The first-order valence-corrected chi connectivity index (χ1v) is 17.8. The molecule has 5 rings (SSSR count). The van der Waals surface area contributed by atoms with Crippen LogP contribution >= 0.6 is 15.9 Å². The topological polar surface area (TPSA) is 45.1 Å². The summed E-state index contributed by atoms with van der Waals surface area (Å²) in [7, 11) is 0. The van der Waals surface area contributed by atoms with Gasteiger partial charge in [-0.05, 0) is 60.3 Å². The molecule has 0 N–H and O–H groups in total. The molecule has 0 bridgehead atoms. The molecule has 248 valence electrons. The minimum Gasteiger partial charge on any atom is -0.346 e. The summed E-state index contributed by atoms with van der Waals surface area (Å²) in [6.45, 7) is 18.2. The van der Waals surface area contributed by atoms with E-state index < -0.39 is 5.79 Å². The second-order valence-electron chi connectivity index (χ2n) is 11.2. The molecule has 2 heterocycles. The lowest BCUT2D eigenvalue weighted by Gasteiger charge is -2.26. The fourth-order valence-electron chi connectivity index (χ4n) is 4.71. The van der Waals surface area contributed by atoms with Crippen LogP contribution in [0.3, 0.4) is 0 Å². The third kappa shape index (κ3) is 13.5. The Hall–Kier alpha value is -3.52. The van der Waals surface area contributed by atoms with Crippen molar-refractivity contribution in [2.45, 2.75) is 93.0 Å². The van der Waals surface area contributed by atoms with Crippen LogP contribution in [0.4, 0.5) is 0 Å². The van der Waals surface area contributed by atoms with Crippen LogP contribution in [0.2, 0.25) is 0 Å². The Labute approximate surface area is 286 Å². The number of aryl methyl sites for hydroxylation is 1. The second kappa shape index (κ2) is 21.3. The summed E-state index contributed by atoms with van der Waals surface area (Å²) in [6.07, 6.45) is 12.0. The number of alkyl halides is 1. The summed E-state index contributed by atoms with van der Waals surface area (Å²) in [4.78, 5) is 3.86. The molecule has 0 aliphatic carbocycles. The fraction of sp³-hybridized carbons (Fsp3) is 0.385. The van der Waals surface area contributed by atoms with Crippen molar-refractivity contribution in [3.8, 4) is 0 Å². The van der Waals surface area contributed by atoms with Crippen molar-refractivity contribution in [3.63, 3.8) is 0 Å². The minimum atomic E-state index is -0.677. The van der Waals surface area contributed by atoms with Gasteiger partial charge in [-0.1, -0.05) is 122 Å². The van der Waals surface area contributed by atoms with Gasteiger partial charge in [-0.2, -0.15) is 0 Å². The standard InChI is InChI=1S/C31H37N2O2.C5H8N2.C2H6.CH3Br/c1-25(2)30-17-11-10-15-28(30)21-33-19-18-32(24-33)20-27-14-8-9-16-29(27)23-35-31(3,4)34-22-26-12-6-5-7-13-26;1-2-7-4-3-6-5-7;2*1-2/h5-19,24-25H,20-23H2,1-4H3;3-5H,2H2,1H3;1-2H3;1H3/q+1;;;. The van der Waals surface area contributed by atoms with E-state index >= 15 is 0 Å². The zero-order chi connectivity index (χ0) is 33.8. The molecule has 0 aliphatic heterocycles. The average Bonchev–Trinajstić information content (AvgIpc) is 3.79. The monoisotopic (exact) mass is 689 g/mol. The zero-order valence-electron chi connectivity index (χ0n) is 29.1. The number of aromatic nitrogens is 4. The van der Waals surface area contributed by atoms with E-state index in [1.807, 2.05) is 62.5 Å². The number of nitrogens with zero attached hydrogens (tertiary/aromatic N) is 4. The molecule has 0 spiro atoms. The van der Waals surface area contributed by atoms with Crippen molar-refractivity contribution in [2.75, 3.05) is 5.83 Å². The van der Waals surface area contributed by atoms with Crippen molar-refractivity contribution < 1.29 is 14.0 Å². The van der Waals surface area contributed by atoms with Gasteiger partial charge >= 0.3 is 0 Å². The van der Waals surface area contributed by atoms with Gasteiger partial charge in [0.1, 0.15) is 25.5 Å². The lowest BCUT2D eigenvalue weighted by molar-refractivity contribution is -0.687. The van der Waals surface area contributed by atoms with Crippen LogP contribution in [0.25, 0.3) is 0 Å². The molecule has 0 fully saturated rings. The Balaban J connectivity index is 0.000000576. The normalized spacial score (nSPS) is 10.7. The highest BCUT2D eigenvalue weighted by Gasteiger charge is 2.20. The molecule has 5 aromatic rings. The van der Waals surface area contributed by atoms with E-state index in [-0.39, 0.29) is 0 Å². The van der Waals surface area contributed by atoms with Gasteiger partial charge in [0.2, 0.25) is 6.33 Å². The van der Waals surface area contributed by atoms with E-state index in [9.17, 15) is 0 Å². The van der Waals surface area contributed by atoms with Gasteiger partial charge in [0.05, 0.1) is 19.5 Å². The molecular formula is C39H54BrN4O2+. The van der Waals surface area contributed by atoms with Gasteiger partial charge in [-0.3, -0.25) is 0 Å². The Morgan fingerprint density at radius 3 is 2.00 bits per heavy atom. The lowest BCUT2D eigenvalue weighted by atomic mass is 9.97. The molecule has 0 radical (unpaired) electrons. The maximum absolute atomic E-state index is 6.20. The highest BCUT2D eigenvalue weighted by atomic mass is 79.9. The Bertz CT molecular complexity index is 1480. The summed E-state index contributed by atoms with van der Waals surface area (Å²) in [5.74, 6) is 1.65. The third-order valence-electron chi connectivity index (χ3n) is 7.18. The maximum atomic E-state index is 6.20. The summed E-state index contributed by atoms with van der Waals surface area (Å²) in [5, 5.41) is 0. The molecule has 7 heteroatoms. The molecule has 2 aromatic heterocycles. The van der Waals surface area contributed by atoms with E-state index in [4.69, 9.17) is 9.47 Å². The summed E-state index contributed by atoms with van der Waals surface area (Å²) in [6, 6.07) is 27.4. The molecule has 6 nitrogen and oxygen atoms in total. The van der Waals surface area contributed by atoms with Crippen LogP contribution in [0.15, 0.2) is 116 Å². The molecule has 0 saturated carbocycles. The van der Waals surface area contributed by atoms with E-state index in [1.165, 1.54) is 22.3 Å². The molecule has 0 amide bonds. The van der Waals surface area contributed by atoms with Gasteiger partial charge in [-0.25, -0.2) is 14.1 Å². The SMILES string of the molecule is CBr.CC.CC(C)c1ccccc1C[n+]1ccn(Cc2ccccc2COC(C)(C)OCc2ccccc2)c1.CCn1ccnc1. The molecular weight excluding hydrogens is 636 g/mol. The zero-order valence-corrected chi connectivity index (χ0v) is 30.7. The van der Waals surface area contributed by atoms with E-state index in [1.54, 1.807) is 12.5 Å². The van der Waals surface area contributed by atoms with Gasteiger partial charge in [-0.15, -0.1) is 0 Å². The Morgan fingerprint density at radius 1 is 0.783 bits per heavy atom. The average molecular weight is 691 g/mol. The summed E-state index contributed by atoms with van der Waals surface area (Å²) < 4.78 is 18.7. The van der Waals surface area contributed by atoms with E-state index in [0.717, 1.165) is 25.2 Å². The van der Waals surface area contributed by atoms with Gasteiger partial charge < -0.3 is 14.0 Å². The Morgan fingerprint density at radius 2 is 1.39 bits per heavy atom. The summed E-state index contributed by atoms with van der Waals surface area (Å²) >= 11 is 2.94. The van der Waals surface area contributed by atoms with Crippen molar-refractivity contribution in [3.05, 3.63) is 144 Å². The first-order chi connectivity index (χ1) is 22.3. The van der Waals surface area contributed by atoms with Gasteiger partial charge in [0.25, 0.3) is 0 Å². The first kappa shape index (κ1) is 38.7. The van der Waals surface area contributed by atoms with Crippen molar-refractivity contribution in [1.82, 2.24) is 14.1 Å². The third-order valence-corrected chi connectivity index (χ3v) is 7.18. The molecule has 0 aliphatic rings. The van der Waals surface area contributed by atoms with Crippen molar-refractivity contribution in [1.29, 1.82) is 0 Å². The molecule has 3 aromatic carbocycles. The number of ether oxygens (including phenoxy) is 2. The number of imidazole rings is 2. The van der Waals surface area contributed by atoms with Crippen LogP contribution in [0, 0.1) is 0 Å². The van der Waals surface area contributed by atoms with Crippen LogP contribution in [-0.4, -0.2) is 25.7 Å². The number of halogens is 1. The molecule has 0 saturated heterocycles. The molecule has 0 atom stereocenters. The van der Waals surface area contributed by atoms with Crippen LogP contribution in [0.5, 0.6) is 0 Å². The smallest absolute Gasteiger partial charge is 0.244 e. The Kier molecular flexibility index (Phi) is 17.9. The van der Waals surface area contributed by atoms with Crippen LogP contribution in [0.1, 0.15) is 82.2 Å². The first-order valence-electron chi connectivity index (χ1n) is 16.2. The quantitative estimate of drug-likeness (QED) is 0.0745. The predicted octanol–water partition coefficient (Wildman–Crippen LogP) is 9.41. The van der Waals surface area contributed by atoms with Crippen molar-refractivity contribution >= 4 is 15.9 Å². The molecule has 46 heavy (non-hydrogen) atoms. The van der Waals surface area contributed by atoms with Crippen molar-refractivity contribution in [2.24, 2.45) is 0 Å². The van der Waals surface area contributed by atoms with Gasteiger partial charge in [0, 0.05) is 18.9 Å². The molecule has 0 unspecified atom stereocenters. The number of hydrogen-bond donors (Lipinski definition) is 0. The van der Waals surface area contributed by atoms with E-state index in [2.05, 4.69) is 130 Å². The highest BCUT2D eigenvalue weighted by Crippen LogP contribution is 2.21.